The zero-order chi connectivity index (χ0) is 15.7. The molecule has 0 aliphatic rings. The summed E-state index contributed by atoms with van der Waals surface area (Å²) in [6, 6.07) is -0.850. The summed E-state index contributed by atoms with van der Waals surface area (Å²) in [6.45, 7) is 7.48. The second-order valence-corrected chi connectivity index (χ2v) is 5.97. The van der Waals surface area contributed by atoms with E-state index in [0.717, 1.165) is 0 Å². The number of carbonyl (C=O) groups is 2. The first kappa shape index (κ1) is 18.9. The second kappa shape index (κ2) is 9.72. The van der Waals surface area contributed by atoms with Gasteiger partial charge in [0.25, 0.3) is 0 Å². The van der Waals surface area contributed by atoms with Crippen molar-refractivity contribution < 1.29 is 19.8 Å². The highest BCUT2D eigenvalue weighted by atomic mass is 16.3. The number of hydrogen-bond acceptors (Lipinski definition) is 4. The molecule has 0 aromatic carbocycles. The van der Waals surface area contributed by atoms with Crippen molar-refractivity contribution in [2.45, 2.75) is 52.6 Å². The van der Waals surface area contributed by atoms with E-state index in [1.165, 1.54) is 0 Å². The van der Waals surface area contributed by atoms with Crippen molar-refractivity contribution in [1.29, 1.82) is 0 Å². The molecule has 0 aliphatic heterocycles. The Balaban J connectivity index is 4.35. The third kappa shape index (κ3) is 8.12. The van der Waals surface area contributed by atoms with Crippen molar-refractivity contribution >= 4 is 11.8 Å². The predicted octanol–water partition coefficient (Wildman–Crippen LogP) is 0.0328. The topological polar surface area (TPSA) is 98.7 Å². The molecule has 6 heteroatoms. The molecule has 0 aliphatic carbocycles. The minimum absolute atomic E-state index is 0.202. The van der Waals surface area contributed by atoms with Crippen LogP contribution in [0.3, 0.4) is 0 Å². The second-order valence-electron chi connectivity index (χ2n) is 5.97. The Morgan fingerprint density at radius 2 is 1.10 bits per heavy atom. The van der Waals surface area contributed by atoms with Gasteiger partial charge in [0, 0.05) is 0 Å². The molecule has 6 nitrogen and oxygen atoms in total. The summed E-state index contributed by atoms with van der Waals surface area (Å²) in [5, 5.41) is 23.3. The van der Waals surface area contributed by atoms with Gasteiger partial charge in [-0.2, -0.15) is 0 Å². The van der Waals surface area contributed by atoms with Crippen LogP contribution in [0.5, 0.6) is 0 Å². The summed E-state index contributed by atoms with van der Waals surface area (Å²) in [6.07, 6.45) is 1.20. The van der Waals surface area contributed by atoms with Crippen molar-refractivity contribution in [2.24, 2.45) is 11.8 Å². The van der Waals surface area contributed by atoms with Gasteiger partial charge in [-0.05, 0) is 24.7 Å². The molecule has 0 saturated carbocycles. The molecule has 0 aromatic heterocycles. The summed E-state index contributed by atoms with van der Waals surface area (Å²) in [5.74, 6) is -0.929. The third-order valence-electron chi connectivity index (χ3n) is 2.83. The number of aliphatic hydroxyl groups is 2. The number of hydrogen-bond donors (Lipinski definition) is 4. The zero-order valence-electron chi connectivity index (χ0n) is 12.8. The van der Waals surface area contributed by atoms with E-state index in [4.69, 9.17) is 10.2 Å². The van der Waals surface area contributed by atoms with E-state index in [0.29, 0.717) is 24.7 Å². The molecule has 0 radical (unpaired) electrons. The molecule has 2 amide bonds. The number of carbonyl (C=O) groups excluding carboxylic acids is 2. The van der Waals surface area contributed by atoms with E-state index in [1.54, 1.807) is 0 Å². The summed E-state index contributed by atoms with van der Waals surface area (Å²) < 4.78 is 0. The van der Waals surface area contributed by atoms with Gasteiger partial charge in [0.1, 0.15) is 0 Å². The lowest BCUT2D eigenvalue weighted by Crippen LogP contribution is -2.50. The Bertz CT molecular complexity index is 276. The van der Waals surface area contributed by atoms with E-state index in [1.807, 2.05) is 27.7 Å². The average molecular weight is 288 g/mol. The van der Waals surface area contributed by atoms with E-state index < -0.39 is 23.9 Å². The van der Waals surface area contributed by atoms with Gasteiger partial charge in [0.2, 0.25) is 0 Å². The Hall–Kier alpha value is -1.14. The molecular formula is C14H28N2O4. The molecule has 0 rings (SSSR count). The van der Waals surface area contributed by atoms with E-state index in [2.05, 4.69) is 10.6 Å². The SMILES string of the molecule is CC(C)C[C@H](CO)NC(=O)C(=O)N[C@@H](CO)CC(C)C. The lowest BCUT2D eigenvalue weighted by atomic mass is 10.0. The van der Waals surface area contributed by atoms with Gasteiger partial charge in [0.05, 0.1) is 25.3 Å². The first-order valence-corrected chi connectivity index (χ1v) is 7.13. The first-order chi connectivity index (χ1) is 9.29. The monoisotopic (exact) mass is 288 g/mol. The lowest BCUT2D eigenvalue weighted by molar-refractivity contribution is -0.140. The molecular weight excluding hydrogens is 260 g/mol. The van der Waals surface area contributed by atoms with Crippen LogP contribution < -0.4 is 10.6 Å². The fraction of sp³-hybridized carbons (Fsp3) is 0.857. The van der Waals surface area contributed by atoms with Gasteiger partial charge >= 0.3 is 11.8 Å². The van der Waals surface area contributed by atoms with E-state index in [-0.39, 0.29) is 13.2 Å². The van der Waals surface area contributed by atoms with Crippen LogP contribution in [-0.2, 0) is 9.59 Å². The minimum atomic E-state index is -0.771. The van der Waals surface area contributed by atoms with Crippen LogP contribution in [-0.4, -0.2) is 47.3 Å². The van der Waals surface area contributed by atoms with Gasteiger partial charge in [-0.3, -0.25) is 9.59 Å². The van der Waals surface area contributed by atoms with Crippen LogP contribution in [0, 0.1) is 11.8 Å². The van der Waals surface area contributed by atoms with E-state index in [9.17, 15) is 9.59 Å². The number of amides is 2. The predicted molar refractivity (Wildman–Crippen MR) is 76.9 cm³/mol. The molecule has 118 valence electrons. The van der Waals surface area contributed by atoms with Gasteiger partial charge in [0.15, 0.2) is 0 Å². The Morgan fingerprint density at radius 1 is 0.800 bits per heavy atom. The smallest absolute Gasteiger partial charge is 0.309 e. The number of rotatable bonds is 8. The standard InChI is InChI=1S/C14H28N2O4/c1-9(2)5-11(7-17)15-13(19)14(20)16-12(8-18)6-10(3)4/h9-12,17-18H,5-8H2,1-4H3,(H,15,19)(H,16,20)/t11-,12-/m1/s1. The third-order valence-corrected chi connectivity index (χ3v) is 2.83. The Morgan fingerprint density at radius 3 is 1.30 bits per heavy atom. The minimum Gasteiger partial charge on any atom is -0.394 e. The lowest BCUT2D eigenvalue weighted by Gasteiger charge is -2.20. The van der Waals surface area contributed by atoms with Gasteiger partial charge in [-0.1, -0.05) is 27.7 Å². The highest BCUT2D eigenvalue weighted by Gasteiger charge is 2.21. The molecule has 0 aromatic rings. The molecule has 4 N–H and O–H groups in total. The largest absolute Gasteiger partial charge is 0.394 e. The molecule has 0 bridgehead atoms. The van der Waals surface area contributed by atoms with Crippen molar-refractivity contribution in [1.82, 2.24) is 10.6 Å². The first-order valence-electron chi connectivity index (χ1n) is 7.13. The molecule has 20 heavy (non-hydrogen) atoms. The molecule has 0 spiro atoms. The molecule has 0 saturated heterocycles. The molecule has 0 heterocycles. The molecule has 2 atom stereocenters. The Labute approximate surface area is 120 Å². The summed E-state index contributed by atoms with van der Waals surface area (Å²) in [7, 11) is 0. The van der Waals surface area contributed by atoms with Crippen LogP contribution in [0.1, 0.15) is 40.5 Å². The summed E-state index contributed by atoms with van der Waals surface area (Å²) >= 11 is 0. The van der Waals surface area contributed by atoms with Crippen LogP contribution >= 0.6 is 0 Å². The summed E-state index contributed by atoms with van der Waals surface area (Å²) in [4.78, 5) is 23.4. The zero-order valence-corrected chi connectivity index (χ0v) is 12.8. The van der Waals surface area contributed by atoms with Crippen LogP contribution in [0.15, 0.2) is 0 Å². The molecule has 0 unspecified atom stereocenters. The average Bonchev–Trinajstić information content (AvgIpc) is 2.35. The number of aliphatic hydroxyl groups excluding tert-OH is 2. The van der Waals surface area contributed by atoms with Crippen molar-refractivity contribution in [3.8, 4) is 0 Å². The van der Waals surface area contributed by atoms with Crippen LogP contribution in [0.25, 0.3) is 0 Å². The van der Waals surface area contributed by atoms with Crippen LogP contribution in [0.2, 0.25) is 0 Å². The maximum Gasteiger partial charge on any atom is 0.309 e. The Kier molecular flexibility index (Phi) is 9.16. The summed E-state index contributed by atoms with van der Waals surface area (Å²) in [5.41, 5.74) is 0. The highest BCUT2D eigenvalue weighted by Crippen LogP contribution is 2.05. The highest BCUT2D eigenvalue weighted by molar-refractivity contribution is 6.35. The molecule has 0 fully saturated rings. The van der Waals surface area contributed by atoms with Gasteiger partial charge in [-0.25, -0.2) is 0 Å². The fourth-order valence-corrected chi connectivity index (χ4v) is 2.00. The van der Waals surface area contributed by atoms with Crippen LogP contribution in [0.4, 0.5) is 0 Å². The fourth-order valence-electron chi connectivity index (χ4n) is 2.00. The quantitative estimate of drug-likeness (QED) is 0.474. The number of nitrogens with one attached hydrogen (secondary N) is 2. The van der Waals surface area contributed by atoms with Gasteiger partial charge in [-0.15, -0.1) is 0 Å². The normalized spacial score (nSPS) is 14.2. The van der Waals surface area contributed by atoms with Crippen molar-refractivity contribution in [3.05, 3.63) is 0 Å². The maximum absolute atomic E-state index is 11.7. The van der Waals surface area contributed by atoms with Crippen molar-refractivity contribution in [3.63, 3.8) is 0 Å². The van der Waals surface area contributed by atoms with Crippen molar-refractivity contribution in [2.75, 3.05) is 13.2 Å². The van der Waals surface area contributed by atoms with Gasteiger partial charge < -0.3 is 20.8 Å². The maximum atomic E-state index is 11.7. The van der Waals surface area contributed by atoms with E-state index >= 15 is 0 Å².